The summed E-state index contributed by atoms with van der Waals surface area (Å²) >= 11 is 78.2. The summed E-state index contributed by atoms with van der Waals surface area (Å²) in [5, 5.41) is 0. The molecule has 137 heavy (non-hydrogen) atoms. The molecule has 800 valence electrons. The van der Waals surface area contributed by atoms with Crippen molar-refractivity contribution in [2.45, 2.75) is 51.9 Å². The molecule has 0 N–H and O–H groups in total. The highest BCUT2D eigenvalue weighted by Gasteiger charge is 2.44. The SMILES string of the molecule is C=C(C)C(=O)OCCOC(=O)CCCl.O=C(CCS)OCC(COCC(COC(=O)CCS)(COC(=O)CCS)COC(=O)CCS)(COC(=O)CCS)COC(=O)CCS.O=C(CS)OCC(COCC(COC(=O)CS)(COC(=O)CS)COC(=O)CS)(COC(=O)CS)COC(=O)CS.SCCOCC(COCCS)(COCCS)COCC(COCCS)(COCCS)COCCS. The molecule has 0 aromatic rings. The largest absolute Gasteiger partial charge is 0.465 e. The summed E-state index contributed by atoms with van der Waals surface area (Å²) in [6.07, 6.45) is 0.0496. The predicted molar refractivity (Wildman–Crippen MR) is 573 cm³/mol. The Bertz CT molecular complexity index is 2860. The number of ether oxygens (including phenoxy) is 23. The van der Waals surface area contributed by atoms with Gasteiger partial charge in [-0.05, 0) is 6.92 Å². The van der Waals surface area contributed by atoms with Crippen LogP contribution in [0.4, 0.5) is 0 Å². The van der Waals surface area contributed by atoms with Crippen molar-refractivity contribution in [2.24, 2.45) is 32.5 Å². The highest BCUT2D eigenvalue weighted by Crippen LogP contribution is 2.31. The Morgan fingerprint density at radius 3 is 0.482 bits per heavy atom. The van der Waals surface area contributed by atoms with E-state index in [4.69, 9.17) is 111 Å². The number of halogens is 1. The zero-order chi connectivity index (χ0) is 104. The molecule has 0 aromatic carbocycles. The summed E-state index contributed by atoms with van der Waals surface area (Å²) in [7, 11) is 0. The third kappa shape index (κ3) is 77.6. The summed E-state index contributed by atoms with van der Waals surface area (Å²) in [5.74, 6) is -5.18. The van der Waals surface area contributed by atoms with Crippen LogP contribution in [0.2, 0.25) is 0 Å². The van der Waals surface area contributed by atoms with Gasteiger partial charge < -0.3 is 109 Å². The van der Waals surface area contributed by atoms with E-state index in [1.165, 1.54) is 0 Å². The smallest absolute Gasteiger partial charge is 0.333 e. The predicted octanol–water partition coefficient (Wildman–Crippen LogP) is 5.90. The van der Waals surface area contributed by atoms with E-state index >= 15 is 0 Å². The lowest BCUT2D eigenvalue weighted by Gasteiger charge is -2.36. The molecule has 0 radical (unpaired) electrons. The van der Waals surface area contributed by atoms with E-state index in [-0.39, 0.29) is 199 Å². The molecule has 0 atom stereocenters. The van der Waals surface area contributed by atoms with E-state index in [0.717, 1.165) is 0 Å². The first-order chi connectivity index (χ1) is 65.5. The van der Waals surface area contributed by atoms with Crippen LogP contribution in [0, 0.1) is 32.5 Å². The van der Waals surface area contributed by atoms with Gasteiger partial charge >= 0.3 is 83.6 Å². The van der Waals surface area contributed by atoms with Crippen molar-refractivity contribution in [1.82, 2.24) is 0 Å². The summed E-state index contributed by atoms with van der Waals surface area (Å²) in [5.41, 5.74) is -6.37. The van der Waals surface area contributed by atoms with Gasteiger partial charge in [-0.25, -0.2) is 4.79 Å². The molecule has 0 fully saturated rings. The molecule has 0 aromatic heterocycles. The minimum atomic E-state index is -1.44. The summed E-state index contributed by atoms with van der Waals surface area (Å²) < 4.78 is 127. The molecule has 37 nitrogen and oxygen atoms in total. The molecule has 0 aliphatic heterocycles. The van der Waals surface area contributed by atoms with Crippen LogP contribution in [0.5, 0.6) is 0 Å². The third-order valence-electron chi connectivity index (χ3n) is 16.7. The van der Waals surface area contributed by atoms with Gasteiger partial charge in [0.2, 0.25) is 0 Å². The van der Waals surface area contributed by atoms with E-state index in [1.807, 2.05) is 0 Å². The second-order valence-corrected chi connectivity index (χ2v) is 37.1. The van der Waals surface area contributed by atoms with Gasteiger partial charge in [-0.2, -0.15) is 227 Å². The molecule has 0 aliphatic rings. The Morgan fingerprint density at radius 1 is 0.190 bits per heavy atom. The van der Waals surface area contributed by atoms with Gasteiger partial charge in [-0.15, -0.1) is 11.6 Å². The van der Waals surface area contributed by atoms with Crippen molar-refractivity contribution < 1.29 is 176 Å². The maximum atomic E-state index is 12.3. The van der Waals surface area contributed by atoms with Crippen molar-refractivity contribution in [3.8, 4) is 0 Å². The molecule has 0 bridgehead atoms. The topological polar surface area (TPSA) is 451 Å². The summed E-state index contributed by atoms with van der Waals surface area (Å²) in [6.45, 7) is 5.07. The van der Waals surface area contributed by atoms with Crippen molar-refractivity contribution in [3.63, 3.8) is 0 Å². The molecule has 0 heterocycles. The number of hydrogen-bond acceptors (Lipinski definition) is 55. The van der Waals surface area contributed by atoms with Crippen LogP contribution in [0.15, 0.2) is 12.2 Å². The average molecular weight is 2320 g/mol. The van der Waals surface area contributed by atoms with E-state index < -0.39 is 156 Å². The Balaban J connectivity index is -0.000000909. The van der Waals surface area contributed by atoms with Crippen LogP contribution in [0.3, 0.4) is 0 Å². The fraction of sp³-hybridized carbons (Fsp3) is 0.802. The van der Waals surface area contributed by atoms with Gasteiger partial charge in [-0.3, -0.25) is 62.3 Å². The zero-order valence-corrected chi connectivity index (χ0v) is 93.6. The molecule has 0 spiro atoms. The fourth-order valence-electron chi connectivity index (χ4n) is 9.69. The lowest BCUT2D eigenvalue weighted by molar-refractivity contribution is -0.177. The number of carbonyl (C=O) groups is 14. The highest BCUT2D eigenvalue weighted by molar-refractivity contribution is 7.83. The number of alkyl halides is 1. The minimum Gasteiger partial charge on any atom is -0.465 e. The standard InChI is InChI=1S/C28H46O13S6.C22H34O13S6.C22H46O7S6.C9H13ClO4/c29-21(1-7-42)36-15-27(16-37-22(30)2-8-43,17-38-23(31)3-9-44)13-35-14-28(18-39-24(32)4-10-45,19-40-25(33)5-11-46)20-41-26(34)6-12-47;23-15(1-36)30-9-21(10-31-16(24)2-37,11-32-17(25)3-38)7-29-8-22(12-33-18(26)4-39,13-34-19(27)5-40)14-35-20(28)6-41;30-7-1-23-13-21(14-24-2-8-31,15-25-3-9-32)19-29-20-22(16-26-4-10-33,17-27-5-11-34)18-28-6-12-35;1-7(2)9(12)14-6-5-13-8(11)3-4-10/h42-47H,1-20H2;36-41H,1-14H2;30-35H,1-20H2;1,3-6H2,2H3. The average Bonchev–Trinajstić information content (AvgIpc) is 0.845. The van der Waals surface area contributed by atoms with Gasteiger partial charge in [0.15, 0.2) is 0 Å². The number of thiol groups is 18. The van der Waals surface area contributed by atoms with Crippen molar-refractivity contribution >= 4 is 322 Å². The number of hydrogen-bond donors (Lipinski definition) is 18. The molecule has 56 heteroatoms. The van der Waals surface area contributed by atoms with Crippen molar-refractivity contribution in [1.29, 1.82) is 0 Å². The van der Waals surface area contributed by atoms with Crippen LogP contribution in [0.1, 0.15) is 51.9 Å². The molecular formula is C81H139ClO37S18. The van der Waals surface area contributed by atoms with E-state index in [1.54, 1.807) is 6.92 Å². The van der Waals surface area contributed by atoms with Crippen LogP contribution < -0.4 is 0 Å². The second-order valence-electron chi connectivity index (χ2n) is 29.4. The van der Waals surface area contributed by atoms with E-state index in [9.17, 15) is 67.1 Å². The van der Waals surface area contributed by atoms with Gasteiger partial charge in [0.05, 0.1) is 231 Å². The first kappa shape index (κ1) is 142. The molecular weight excluding hydrogens is 2180 g/mol. The van der Waals surface area contributed by atoms with Gasteiger partial charge in [0.25, 0.3) is 0 Å². The maximum Gasteiger partial charge on any atom is 0.333 e. The monoisotopic (exact) mass is 2310 g/mol. The summed E-state index contributed by atoms with van der Waals surface area (Å²) in [4.78, 5) is 167. The second kappa shape index (κ2) is 93.1. The Labute approximate surface area is 907 Å². The van der Waals surface area contributed by atoms with Gasteiger partial charge in [0.1, 0.15) is 92.5 Å². The first-order valence-corrected chi connectivity index (χ1v) is 54.0. The molecule has 0 unspecified atom stereocenters. The van der Waals surface area contributed by atoms with Crippen LogP contribution in [0.25, 0.3) is 0 Å². The zero-order valence-electron chi connectivity index (χ0n) is 76.8. The first-order valence-electron chi connectivity index (χ1n) is 42.1. The van der Waals surface area contributed by atoms with Crippen LogP contribution in [-0.2, 0) is 176 Å². The Hall–Kier alpha value is -1.45. The lowest BCUT2D eigenvalue weighted by Crippen LogP contribution is -2.47. The van der Waals surface area contributed by atoms with Crippen LogP contribution in [-0.4, -0.2) is 404 Å². The number of esters is 14. The van der Waals surface area contributed by atoms with Crippen molar-refractivity contribution in [3.05, 3.63) is 12.2 Å². The van der Waals surface area contributed by atoms with Crippen LogP contribution >= 0.6 is 239 Å². The Kier molecular flexibility index (Phi) is 96.4. The van der Waals surface area contributed by atoms with Crippen molar-refractivity contribution in [2.75, 3.05) is 321 Å². The maximum absolute atomic E-state index is 12.3. The highest BCUT2D eigenvalue weighted by atomic mass is 35.5. The van der Waals surface area contributed by atoms with E-state index in [2.05, 4.69) is 243 Å². The van der Waals surface area contributed by atoms with Gasteiger partial charge in [0, 0.05) is 80.5 Å². The summed E-state index contributed by atoms with van der Waals surface area (Å²) in [6, 6.07) is 0. The molecule has 0 rings (SSSR count). The Morgan fingerprint density at radius 2 is 0.336 bits per heavy atom. The van der Waals surface area contributed by atoms with E-state index in [0.29, 0.717) is 133 Å². The number of rotatable bonds is 84. The number of carbonyl (C=O) groups excluding carboxylic acids is 14. The molecule has 0 amide bonds. The third-order valence-corrected chi connectivity index (χ3v) is 20.9. The molecule has 0 saturated heterocycles. The molecule has 0 aliphatic carbocycles. The quantitative estimate of drug-likeness (QED) is 0.00841. The normalized spacial score (nSPS) is 11.4. The van der Waals surface area contributed by atoms with Gasteiger partial charge in [-0.1, -0.05) is 6.58 Å². The minimum absolute atomic E-state index is 0.0189. The lowest BCUT2D eigenvalue weighted by atomic mass is 9.90. The fourth-order valence-corrected chi connectivity index (χ4v) is 12.3. The molecule has 0 saturated carbocycles.